The molecule has 0 spiro atoms. The van der Waals surface area contributed by atoms with E-state index in [0.29, 0.717) is 17.8 Å². The van der Waals surface area contributed by atoms with E-state index >= 15 is 0 Å². The smallest absolute Gasteiger partial charge is 0.257 e. The van der Waals surface area contributed by atoms with Gasteiger partial charge in [0, 0.05) is 22.3 Å². The van der Waals surface area contributed by atoms with Crippen molar-refractivity contribution < 1.29 is 9.90 Å². The molecule has 1 amide bonds. The molecule has 1 aliphatic rings. The average molecular weight is 309 g/mol. The molecule has 0 bridgehead atoms. The second-order valence-corrected chi connectivity index (χ2v) is 4.86. The lowest BCUT2D eigenvalue weighted by atomic mass is 10.1. The summed E-state index contributed by atoms with van der Waals surface area (Å²) in [4.78, 5) is 13.4. The van der Waals surface area contributed by atoms with Gasteiger partial charge in [-0.3, -0.25) is 4.79 Å². The number of hydrogen-bond donors (Lipinski definition) is 2. The maximum absolute atomic E-state index is 11.4. The molecule has 0 aliphatic carbocycles. The molecule has 4 nitrogen and oxygen atoms in total. The minimum Gasteiger partial charge on any atom is -0.378 e. The number of benzene rings is 1. The van der Waals surface area contributed by atoms with Crippen molar-refractivity contribution in [2.75, 3.05) is 23.3 Å². The molecule has 1 heterocycles. The number of nitrogens with zero attached hydrogens (tertiary/aromatic N) is 1. The van der Waals surface area contributed by atoms with Crippen LogP contribution in [0.25, 0.3) is 0 Å². The Morgan fingerprint density at radius 3 is 2.94 bits per heavy atom. The number of halogens is 1. The van der Waals surface area contributed by atoms with E-state index in [1.807, 2.05) is 17.9 Å². The maximum atomic E-state index is 11.4. The molecule has 1 aromatic rings. The van der Waals surface area contributed by atoms with Crippen LogP contribution in [0, 0.1) is 12.3 Å². The van der Waals surface area contributed by atoms with E-state index in [0.717, 1.165) is 16.7 Å². The van der Waals surface area contributed by atoms with Gasteiger partial charge >= 0.3 is 0 Å². The Kier molecular flexibility index (Phi) is 3.60. The van der Waals surface area contributed by atoms with Gasteiger partial charge in [-0.2, -0.15) is 0 Å². The second-order valence-electron chi connectivity index (χ2n) is 4.00. The molecular weight excluding hydrogens is 296 g/mol. The summed E-state index contributed by atoms with van der Waals surface area (Å²) in [7, 11) is 0. The van der Waals surface area contributed by atoms with Crippen molar-refractivity contribution in [2.45, 2.75) is 13.0 Å². The lowest BCUT2D eigenvalue weighted by Gasteiger charge is -2.22. The molecule has 1 atom stereocenters. The Morgan fingerprint density at radius 1 is 1.61 bits per heavy atom. The van der Waals surface area contributed by atoms with E-state index in [1.165, 1.54) is 0 Å². The van der Waals surface area contributed by atoms with E-state index in [9.17, 15) is 9.90 Å². The quantitative estimate of drug-likeness (QED) is 0.839. The third-order valence-electron chi connectivity index (χ3n) is 2.92. The van der Waals surface area contributed by atoms with Gasteiger partial charge in [0.1, 0.15) is 0 Å². The summed E-state index contributed by atoms with van der Waals surface area (Å²) in [6.45, 7) is 3.26. The fourth-order valence-electron chi connectivity index (χ4n) is 1.97. The summed E-state index contributed by atoms with van der Waals surface area (Å²) >= 11 is 3.45. The van der Waals surface area contributed by atoms with Crippen molar-refractivity contribution in [1.29, 1.82) is 0 Å². The lowest BCUT2D eigenvalue weighted by molar-refractivity contribution is -0.123. The number of terminal acetylenes is 1. The van der Waals surface area contributed by atoms with Crippen molar-refractivity contribution in [1.82, 2.24) is 0 Å². The predicted molar refractivity (Wildman–Crippen MR) is 74.5 cm³/mol. The first-order chi connectivity index (χ1) is 8.58. The van der Waals surface area contributed by atoms with E-state index < -0.39 is 12.0 Å². The summed E-state index contributed by atoms with van der Waals surface area (Å²) in [5, 5.41) is 12.3. The zero-order valence-electron chi connectivity index (χ0n) is 9.90. The number of rotatable bonds is 3. The molecule has 0 saturated carbocycles. The molecule has 1 unspecified atom stereocenters. The molecule has 1 aromatic carbocycles. The summed E-state index contributed by atoms with van der Waals surface area (Å²) in [6, 6.07) is 3.58. The Labute approximate surface area is 114 Å². The molecule has 1 aliphatic heterocycles. The number of carbonyl (C=O) groups excluding carboxylic acids is 1. The summed E-state index contributed by atoms with van der Waals surface area (Å²) in [5.41, 5.74) is 2.14. The highest BCUT2D eigenvalue weighted by molar-refractivity contribution is 9.10. The summed E-state index contributed by atoms with van der Waals surface area (Å²) < 4.78 is 0.814. The predicted octanol–water partition coefficient (Wildman–Crippen LogP) is 1.89. The van der Waals surface area contributed by atoms with E-state index in [1.54, 1.807) is 6.07 Å². The standard InChI is InChI=1S/C13H13BrN2O2/c1-3-5-16(4-2)11-7-10-8(6-9(11)14)12(17)13(18)15-10/h1,6-7,12,17H,4-5H2,2H3,(H,15,18). The number of aliphatic hydroxyl groups excluding tert-OH is 1. The number of amides is 1. The molecule has 0 radical (unpaired) electrons. The largest absolute Gasteiger partial charge is 0.378 e. The van der Waals surface area contributed by atoms with E-state index in [2.05, 4.69) is 27.2 Å². The van der Waals surface area contributed by atoms with Gasteiger partial charge < -0.3 is 15.3 Å². The fourth-order valence-corrected chi connectivity index (χ4v) is 2.59. The number of fused-ring (bicyclic) bond motifs is 1. The maximum Gasteiger partial charge on any atom is 0.257 e. The van der Waals surface area contributed by atoms with Crippen LogP contribution in [-0.4, -0.2) is 24.1 Å². The molecule has 0 aromatic heterocycles. The van der Waals surface area contributed by atoms with E-state index in [4.69, 9.17) is 6.42 Å². The van der Waals surface area contributed by atoms with Gasteiger partial charge in [-0.25, -0.2) is 0 Å². The minimum atomic E-state index is -1.09. The molecule has 2 N–H and O–H groups in total. The Balaban J connectivity index is 2.44. The van der Waals surface area contributed by atoms with Crippen LogP contribution >= 0.6 is 15.9 Å². The number of nitrogens with one attached hydrogen (secondary N) is 1. The first-order valence-corrected chi connectivity index (χ1v) is 6.38. The van der Waals surface area contributed by atoms with Gasteiger partial charge in [-0.05, 0) is 35.0 Å². The number of anilines is 2. The summed E-state index contributed by atoms with van der Waals surface area (Å²) in [6.07, 6.45) is 4.24. The Hall–Kier alpha value is -1.51. The van der Waals surface area contributed by atoms with Crippen LogP contribution in [0.2, 0.25) is 0 Å². The average Bonchev–Trinajstić information content (AvgIpc) is 2.62. The third-order valence-corrected chi connectivity index (χ3v) is 3.56. The van der Waals surface area contributed by atoms with Crippen molar-refractivity contribution >= 4 is 33.2 Å². The van der Waals surface area contributed by atoms with Gasteiger partial charge in [0.25, 0.3) is 5.91 Å². The molecule has 0 fully saturated rings. The highest BCUT2D eigenvalue weighted by Crippen LogP contribution is 2.38. The monoisotopic (exact) mass is 308 g/mol. The topological polar surface area (TPSA) is 52.6 Å². The molecule has 5 heteroatoms. The van der Waals surface area contributed by atoms with Crippen molar-refractivity contribution in [3.63, 3.8) is 0 Å². The van der Waals surface area contributed by atoms with Crippen LogP contribution in [0.15, 0.2) is 16.6 Å². The van der Waals surface area contributed by atoms with Crippen LogP contribution in [-0.2, 0) is 4.79 Å². The minimum absolute atomic E-state index is 0.394. The SMILES string of the molecule is C#CCN(CC)c1cc2c(cc1Br)C(O)C(=O)N2. The molecule has 0 saturated heterocycles. The number of aliphatic hydroxyl groups is 1. The highest BCUT2D eigenvalue weighted by atomic mass is 79.9. The summed E-state index contributed by atoms with van der Waals surface area (Å²) in [5.74, 6) is 2.20. The van der Waals surface area contributed by atoms with Crippen molar-refractivity contribution in [3.05, 3.63) is 22.2 Å². The van der Waals surface area contributed by atoms with Crippen molar-refractivity contribution in [2.24, 2.45) is 0 Å². The molecular formula is C13H13BrN2O2. The van der Waals surface area contributed by atoms with Crippen LogP contribution in [0.3, 0.4) is 0 Å². The lowest BCUT2D eigenvalue weighted by Crippen LogP contribution is -2.23. The first-order valence-electron chi connectivity index (χ1n) is 5.59. The normalized spacial score (nSPS) is 17.0. The zero-order valence-corrected chi connectivity index (χ0v) is 11.5. The molecule has 2 rings (SSSR count). The van der Waals surface area contributed by atoms with E-state index in [-0.39, 0.29) is 0 Å². The molecule has 18 heavy (non-hydrogen) atoms. The van der Waals surface area contributed by atoms with Gasteiger partial charge in [-0.1, -0.05) is 5.92 Å². The molecule has 94 valence electrons. The van der Waals surface area contributed by atoms with Gasteiger partial charge in [0.05, 0.1) is 12.2 Å². The van der Waals surface area contributed by atoms with Crippen molar-refractivity contribution in [3.8, 4) is 12.3 Å². The highest BCUT2D eigenvalue weighted by Gasteiger charge is 2.29. The van der Waals surface area contributed by atoms with Gasteiger partial charge in [-0.15, -0.1) is 6.42 Å². The number of hydrogen-bond acceptors (Lipinski definition) is 3. The van der Waals surface area contributed by atoms with Crippen LogP contribution in [0.4, 0.5) is 11.4 Å². The first kappa shape index (κ1) is 12.9. The number of carbonyl (C=O) groups is 1. The zero-order chi connectivity index (χ0) is 13.3. The van der Waals surface area contributed by atoms with Crippen LogP contribution in [0.1, 0.15) is 18.6 Å². The fraction of sp³-hybridized carbons (Fsp3) is 0.308. The van der Waals surface area contributed by atoms with Crippen LogP contribution in [0.5, 0.6) is 0 Å². The Bertz CT molecular complexity index is 537. The van der Waals surface area contributed by atoms with Gasteiger partial charge in [0.2, 0.25) is 0 Å². The van der Waals surface area contributed by atoms with Crippen LogP contribution < -0.4 is 10.2 Å². The van der Waals surface area contributed by atoms with Gasteiger partial charge in [0.15, 0.2) is 6.10 Å². The third kappa shape index (κ3) is 2.09. The second kappa shape index (κ2) is 5.01. The Morgan fingerprint density at radius 2 is 2.33 bits per heavy atom.